The number of amides is 2. The van der Waals surface area contributed by atoms with Crippen LogP contribution >= 0.6 is 11.6 Å². The normalized spacial score (nSPS) is 18.4. The topological polar surface area (TPSA) is 86.8 Å². The van der Waals surface area contributed by atoms with E-state index in [1.54, 1.807) is 41.1 Å². The highest BCUT2D eigenvalue weighted by atomic mass is 35.5. The molecule has 150 valence electrons. The summed E-state index contributed by atoms with van der Waals surface area (Å²) in [5.74, 6) is -0.285. The van der Waals surface area contributed by atoms with Crippen molar-refractivity contribution in [3.05, 3.63) is 29.3 Å². The van der Waals surface area contributed by atoms with Gasteiger partial charge in [-0.25, -0.2) is 8.42 Å². The fraction of sp³-hybridized carbons (Fsp3) is 0.556. The van der Waals surface area contributed by atoms with Crippen LogP contribution in [0.2, 0.25) is 5.02 Å². The number of carbonyl (C=O) groups excluding carboxylic acids is 2. The number of nitrogens with zero attached hydrogens (tertiary/aromatic N) is 2. The molecule has 0 spiro atoms. The van der Waals surface area contributed by atoms with Gasteiger partial charge in [0.05, 0.1) is 35.3 Å². The van der Waals surface area contributed by atoms with Crippen molar-refractivity contribution in [2.24, 2.45) is 0 Å². The Morgan fingerprint density at radius 1 is 1.26 bits per heavy atom. The molecule has 9 heteroatoms. The van der Waals surface area contributed by atoms with Gasteiger partial charge in [0, 0.05) is 12.6 Å². The maximum absolute atomic E-state index is 12.7. The molecule has 1 aromatic carbocycles. The van der Waals surface area contributed by atoms with Gasteiger partial charge in [-0.1, -0.05) is 30.7 Å². The van der Waals surface area contributed by atoms with E-state index in [9.17, 15) is 18.0 Å². The molecule has 0 unspecified atom stereocenters. The standard InChI is InChI=1S/C18H26ClN3O4S/c1-3-9-22(14-8-10-27(25,26)13-14)18(24)12-21(2)11-17(23)20-16-7-5-4-6-15(16)19/h4-7,14H,3,8-13H2,1-2H3,(H,20,23)/t14-/m0/s1. The van der Waals surface area contributed by atoms with Crippen molar-refractivity contribution in [1.82, 2.24) is 9.80 Å². The van der Waals surface area contributed by atoms with E-state index in [1.807, 2.05) is 6.92 Å². The van der Waals surface area contributed by atoms with Crippen LogP contribution in [0.15, 0.2) is 24.3 Å². The van der Waals surface area contributed by atoms with E-state index >= 15 is 0 Å². The van der Waals surface area contributed by atoms with Crippen molar-refractivity contribution in [2.45, 2.75) is 25.8 Å². The largest absolute Gasteiger partial charge is 0.338 e. The lowest BCUT2D eigenvalue weighted by Gasteiger charge is -2.29. The Morgan fingerprint density at radius 2 is 1.96 bits per heavy atom. The summed E-state index contributed by atoms with van der Waals surface area (Å²) in [6.07, 6.45) is 1.23. The fourth-order valence-corrected chi connectivity index (χ4v) is 5.06. The first-order valence-corrected chi connectivity index (χ1v) is 11.1. The van der Waals surface area contributed by atoms with Gasteiger partial charge in [0.2, 0.25) is 11.8 Å². The van der Waals surface area contributed by atoms with Gasteiger partial charge in [-0.15, -0.1) is 0 Å². The SMILES string of the molecule is CCCN(C(=O)CN(C)CC(=O)Nc1ccccc1Cl)[C@H]1CCS(=O)(=O)C1. The fourth-order valence-electron chi connectivity index (χ4n) is 3.15. The molecule has 0 bridgehead atoms. The van der Waals surface area contributed by atoms with Gasteiger partial charge in [0.25, 0.3) is 0 Å². The molecule has 2 rings (SSSR count). The zero-order valence-electron chi connectivity index (χ0n) is 15.7. The van der Waals surface area contributed by atoms with E-state index in [0.29, 0.717) is 23.7 Å². The number of nitrogens with one attached hydrogen (secondary N) is 1. The number of sulfone groups is 1. The van der Waals surface area contributed by atoms with Crippen LogP contribution in [0.3, 0.4) is 0 Å². The molecule has 0 radical (unpaired) electrons. The molecule has 1 saturated heterocycles. The minimum atomic E-state index is -3.06. The van der Waals surface area contributed by atoms with Crippen molar-refractivity contribution in [1.29, 1.82) is 0 Å². The van der Waals surface area contributed by atoms with Crippen LogP contribution in [-0.4, -0.2) is 74.3 Å². The molecule has 0 aliphatic carbocycles. The van der Waals surface area contributed by atoms with Crippen LogP contribution in [0, 0.1) is 0 Å². The Kier molecular flexibility index (Phi) is 7.64. The van der Waals surface area contributed by atoms with Crippen LogP contribution in [-0.2, 0) is 19.4 Å². The molecule has 1 atom stereocenters. The van der Waals surface area contributed by atoms with Gasteiger partial charge >= 0.3 is 0 Å². The third kappa shape index (κ3) is 6.48. The van der Waals surface area contributed by atoms with Crippen molar-refractivity contribution >= 4 is 38.9 Å². The molecule has 1 aliphatic heterocycles. The van der Waals surface area contributed by atoms with Gasteiger partial charge in [0.15, 0.2) is 9.84 Å². The third-order valence-corrected chi connectivity index (χ3v) is 6.48. The van der Waals surface area contributed by atoms with Crippen molar-refractivity contribution < 1.29 is 18.0 Å². The number of hydrogen-bond acceptors (Lipinski definition) is 5. The number of carbonyl (C=O) groups is 2. The summed E-state index contributed by atoms with van der Waals surface area (Å²) < 4.78 is 23.5. The smallest absolute Gasteiger partial charge is 0.238 e. The first-order valence-electron chi connectivity index (χ1n) is 8.94. The number of rotatable bonds is 8. The second-order valence-electron chi connectivity index (χ2n) is 6.84. The molecular weight excluding hydrogens is 390 g/mol. The Balaban J connectivity index is 1.90. The molecule has 27 heavy (non-hydrogen) atoms. The molecule has 2 amide bonds. The van der Waals surface area contributed by atoms with Crippen LogP contribution in [0.1, 0.15) is 19.8 Å². The maximum Gasteiger partial charge on any atom is 0.238 e. The molecule has 0 saturated carbocycles. The predicted octanol–water partition coefficient (Wildman–Crippen LogP) is 1.64. The molecule has 1 aromatic rings. The lowest BCUT2D eigenvalue weighted by molar-refractivity contribution is -0.134. The first-order chi connectivity index (χ1) is 12.7. The van der Waals surface area contributed by atoms with E-state index in [-0.39, 0.29) is 42.5 Å². The van der Waals surface area contributed by atoms with Crippen LogP contribution < -0.4 is 5.32 Å². The van der Waals surface area contributed by atoms with Crippen LogP contribution in [0.4, 0.5) is 5.69 Å². The average Bonchev–Trinajstić information content (AvgIpc) is 2.94. The summed E-state index contributed by atoms with van der Waals surface area (Å²) in [5.41, 5.74) is 0.521. The number of likely N-dealkylation sites (N-methyl/N-ethyl adjacent to an activating group) is 1. The summed E-state index contributed by atoms with van der Waals surface area (Å²) >= 11 is 6.02. The highest BCUT2D eigenvalue weighted by molar-refractivity contribution is 7.91. The molecule has 0 aromatic heterocycles. The van der Waals surface area contributed by atoms with E-state index < -0.39 is 9.84 Å². The Labute approximate surface area is 165 Å². The monoisotopic (exact) mass is 415 g/mol. The molecule has 7 nitrogen and oxygen atoms in total. The predicted molar refractivity (Wildman–Crippen MR) is 107 cm³/mol. The lowest BCUT2D eigenvalue weighted by atomic mass is 10.2. The summed E-state index contributed by atoms with van der Waals surface area (Å²) in [7, 11) is -1.38. The van der Waals surface area contributed by atoms with E-state index in [2.05, 4.69) is 5.32 Å². The average molecular weight is 416 g/mol. The Morgan fingerprint density at radius 3 is 2.56 bits per heavy atom. The summed E-state index contributed by atoms with van der Waals surface area (Å²) in [6, 6.07) is 6.66. The van der Waals surface area contributed by atoms with Crippen LogP contribution in [0.5, 0.6) is 0 Å². The number of hydrogen-bond donors (Lipinski definition) is 1. The number of benzene rings is 1. The Hall–Kier alpha value is -1.64. The van der Waals surface area contributed by atoms with Gasteiger partial charge in [-0.3, -0.25) is 14.5 Å². The maximum atomic E-state index is 12.7. The quantitative estimate of drug-likeness (QED) is 0.697. The summed E-state index contributed by atoms with van der Waals surface area (Å²) in [5, 5.41) is 3.16. The van der Waals surface area contributed by atoms with Gasteiger partial charge < -0.3 is 10.2 Å². The minimum absolute atomic E-state index is 0.0233. The molecule has 1 heterocycles. The zero-order chi connectivity index (χ0) is 20.0. The van der Waals surface area contributed by atoms with Gasteiger partial charge in [-0.05, 0) is 32.0 Å². The second kappa shape index (κ2) is 9.52. The van der Waals surface area contributed by atoms with Gasteiger partial charge in [-0.2, -0.15) is 0 Å². The highest BCUT2D eigenvalue weighted by Crippen LogP contribution is 2.20. The first kappa shape index (κ1) is 21.7. The minimum Gasteiger partial charge on any atom is -0.338 e. The van der Waals surface area contributed by atoms with Crippen molar-refractivity contribution in [2.75, 3.05) is 43.5 Å². The van der Waals surface area contributed by atoms with E-state index in [4.69, 9.17) is 11.6 Å². The van der Waals surface area contributed by atoms with E-state index in [0.717, 1.165) is 6.42 Å². The van der Waals surface area contributed by atoms with Gasteiger partial charge in [0.1, 0.15) is 0 Å². The number of para-hydroxylation sites is 1. The molecule has 1 N–H and O–H groups in total. The van der Waals surface area contributed by atoms with Crippen molar-refractivity contribution in [3.63, 3.8) is 0 Å². The zero-order valence-corrected chi connectivity index (χ0v) is 17.2. The molecular formula is C18H26ClN3O4S. The van der Waals surface area contributed by atoms with Crippen molar-refractivity contribution in [3.8, 4) is 0 Å². The highest BCUT2D eigenvalue weighted by Gasteiger charge is 2.34. The lowest BCUT2D eigenvalue weighted by Crippen LogP contribution is -2.47. The second-order valence-corrected chi connectivity index (χ2v) is 9.48. The number of halogens is 1. The molecule has 1 fully saturated rings. The molecule has 1 aliphatic rings. The van der Waals surface area contributed by atoms with Crippen LogP contribution in [0.25, 0.3) is 0 Å². The summed E-state index contributed by atoms with van der Waals surface area (Å²) in [4.78, 5) is 28.1. The summed E-state index contributed by atoms with van der Waals surface area (Å²) in [6.45, 7) is 2.54. The number of anilines is 1. The van der Waals surface area contributed by atoms with E-state index in [1.165, 1.54) is 0 Å². The Bertz CT molecular complexity index is 785. The third-order valence-electron chi connectivity index (χ3n) is 4.40.